The summed E-state index contributed by atoms with van der Waals surface area (Å²) < 4.78 is 4.83. The fraction of sp³-hybridized carbons (Fsp3) is 0. The predicted molar refractivity (Wildman–Crippen MR) is 242 cm³/mol. The minimum absolute atomic E-state index is 0.690. The second-order valence-electron chi connectivity index (χ2n) is 15.0. The van der Waals surface area contributed by atoms with E-state index in [4.69, 9.17) is 9.97 Å². The fourth-order valence-corrected chi connectivity index (χ4v) is 8.99. The van der Waals surface area contributed by atoms with Gasteiger partial charge in [-0.25, -0.2) is 9.97 Å². The highest BCUT2D eigenvalue weighted by molar-refractivity contribution is 6.19. The highest BCUT2D eigenvalue weighted by atomic mass is 15.0. The summed E-state index contributed by atoms with van der Waals surface area (Å²) in [6.45, 7) is 0. The van der Waals surface area contributed by atoms with Crippen LogP contribution in [0.2, 0.25) is 0 Å². The molecule has 58 heavy (non-hydrogen) atoms. The van der Waals surface area contributed by atoms with E-state index >= 15 is 0 Å². The first-order valence-corrected chi connectivity index (χ1v) is 19.7. The number of hydrogen-bond donors (Lipinski definition) is 0. The second-order valence-corrected chi connectivity index (χ2v) is 15.0. The fourth-order valence-electron chi connectivity index (χ4n) is 8.99. The number of nitrogens with zero attached hydrogens (tertiary/aromatic N) is 4. The van der Waals surface area contributed by atoms with Crippen LogP contribution in [0.5, 0.6) is 0 Å². The first-order valence-electron chi connectivity index (χ1n) is 19.7. The summed E-state index contributed by atoms with van der Waals surface area (Å²) in [7, 11) is 0. The normalized spacial score (nSPS) is 11.8. The smallest absolute Gasteiger partial charge is 0.161 e. The van der Waals surface area contributed by atoms with Crippen molar-refractivity contribution in [3.8, 4) is 45.3 Å². The Bertz CT molecular complexity index is 3560. The van der Waals surface area contributed by atoms with Crippen LogP contribution in [0.1, 0.15) is 0 Å². The molecule has 3 heterocycles. The molecule has 0 bridgehead atoms. The summed E-state index contributed by atoms with van der Waals surface area (Å²) in [5, 5.41) is 9.53. The van der Waals surface area contributed by atoms with Crippen molar-refractivity contribution in [3.05, 3.63) is 206 Å². The Kier molecular flexibility index (Phi) is 7.20. The molecule has 0 amide bonds. The molecule has 0 spiro atoms. The van der Waals surface area contributed by atoms with Crippen molar-refractivity contribution in [2.45, 2.75) is 0 Å². The zero-order valence-electron chi connectivity index (χ0n) is 31.4. The van der Waals surface area contributed by atoms with Crippen molar-refractivity contribution in [3.63, 3.8) is 0 Å². The Morgan fingerprint density at radius 3 is 1.55 bits per heavy atom. The van der Waals surface area contributed by atoms with Crippen LogP contribution >= 0.6 is 0 Å². The van der Waals surface area contributed by atoms with Crippen molar-refractivity contribution in [1.82, 2.24) is 19.1 Å². The van der Waals surface area contributed by atoms with Gasteiger partial charge >= 0.3 is 0 Å². The lowest BCUT2D eigenvalue weighted by Gasteiger charge is -2.15. The summed E-state index contributed by atoms with van der Waals surface area (Å²) in [6.07, 6.45) is 0. The van der Waals surface area contributed by atoms with Crippen LogP contribution in [0, 0.1) is 0 Å². The molecule has 270 valence electrons. The van der Waals surface area contributed by atoms with Gasteiger partial charge in [-0.15, -0.1) is 0 Å². The Morgan fingerprint density at radius 2 is 0.845 bits per heavy atom. The molecule has 0 fully saturated rings. The molecule has 0 aliphatic heterocycles. The van der Waals surface area contributed by atoms with Crippen LogP contribution in [0.15, 0.2) is 206 Å². The van der Waals surface area contributed by atoms with E-state index < -0.39 is 0 Å². The van der Waals surface area contributed by atoms with Gasteiger partial charge in [0, 0.05) is 49.6 Å². The van der Waals surface area contributed by atoms with Gasteiger partial charge in [-0.1, -0.05) is 146 Å². The number of hydrogen-bond acceptors (Lipinski definition) is 2. The lowest BCUT2D eigenvalue weighted by Crippen LogP contribution is -2.00. The molecule has 4 nitrogen and oxygen atoms in total. The summed E-state index contributed by atoms with van der Waals surface area (Å²) in [6, 6.07) is 73.8. The average molecular weight is 739 g/mol. The standard InChI is InChI=1S/C54H34N4/c1-3-16-36(17-4-1)48-33-49(39-28-27-35-15-7-8-18-37(35)29-39)56-54(55-48)47-31-41(30-38-19-9-10-22-42(38)47)58-51-26-14-12-24-44(51)46-32-45-43-23-11-13-25-50(43)57(52(45)34-53(46)58)40-20-5-2-6-21-40/h1-34H. The minimum Gasteiger partial charge on any atom is -0.309 e. The third kappa shape index (κ3) is 5.09. The number of para-hydroxylation sites is 3. The SMILES string of the molecule is c1ccc(-c2cc(-c3ccc4ccccc4c3)nc(-c3cc(-n4c5ccccc5c5cc6c7ccccc7n(-c7ccccc7)c6cc54)cc4ccccc34)n2)cc1. The maximum atomic E-state index is 5.39. The van der Waals surface area contributed by atoms with Crippen molar-refractivity contribution in [2.24, 2.45) is 0 Å². The first-order chi connectivity index (χ1) is 28.7. The highest BCUT2D eigenvalue weighted by Gasteiger charge is 2.20. The van der Waals surface area contributed by atoms with Gasteiger partial charge in [0.25, 0.3) is 0 Å². The van der Waals surface area contributed by atoms with Gasteiger partial charge in [0.05, 0.1) is 33.5 Å². The monoisotopic (exact) mass is 738 g/mol. The van der Waals surface area contributed by atoms with Crippen molar-refractivity contribution in [1.29, 1.82) is 0 Å². The Hall–Kier alpha value is -7.82. The molecule has 0 unspecified atom stereocenters. The molecule has 4 heteroatoms. The first kappa shape index (κ1) is 32.4. The molecule has 0 aliphatic rings. The molecule has 0 atom stereocenters. The molecule has 0 radical (unpaired) electrons. The Labute approximate surface area is 334 Å². The summed E-state index contributed by atoms with van der Waals surface area (Å²) in [5.74, 6) is 0.690. The molecule has 12 aromatic rings. The van der Waals surface area contributed by atoms with E-state index in [0.717, 1.165) is 61.3 Å². The van der Waals surface area contributed by atoms with E-state index in [0.29, 0.717) is 5.82 Å². The van der Waals surface area contributed by atoms with Gasteiger partial charge < -0.3 is 9.13 Å². The van der Waals surface area contributed by atoms with Crippen LogP contribution in [0.25, 0.3) is 110 Å². The van der Waals surface area contributed by atoms with Gasteiger partial charge in [0.15, 0.2) is 5.82 Å². The molecular weight excluding hydrogens is 705 g/mol. The van der Waals surface area contributed by atoms with Gasteiger partial charge in [-0.2, -0.15) is 0 Å². The lowest BCUT2D eigenvalue weighted by molar-refractivity contribution is 1.16. The summed E-state index contributed by atoms with van der Waals surface area (Å²) >= 11 is 0. The van der Waals surface area contributed by atoms with E-state index in [1.165, 1.54) is 43.4 Å². The Morgan fingerprint density at radius 1 is 0.293 bits per heavy atom. The number of rotatable bonds is 5. The van der Waals surface area contributed by atoms with Crippen LogP contribution in [-0.4, -0.2) is 19.1 Å². The van der Waals surface area contributed by atoms with Crippen LogP contribution in [0.3, 0.4) is 0 Å². The molecule has 3 aromatic heterocycles. The van der Waals surface area contributed by atoms with Crippen molar-refractivity contribution >= 4 is 65.2 Å². The van der Waals surface area contributed by atoms with Crippen LogP contribution in [-0.2, 0) is 0 Å². The third-order valence-corrected chi connectivity index (χ3v) is 11.7. The van der Waals surface area contributed by atoms with Gasteiger partial charge in [0.1, 0.15) is 0 Å². The van der Waals surface area contributed by atoms with Gasteiger partial charge in [-0.05, 0) is 82.2 Å². The number of fused-ring (bicyclic) bond motifs is 8. The number of aromatic nitrogens is 4. The molecule has 0 saturated heterocycles. The highest BCUT2D eigenvalue weighted by Crippen LogP contribution is 2.41. The van der Waals surface area contributed by atoms with Gasteiger partial charge in [-0.3, -0.25) is 0 Å². The third-order valence-electron chi connectivity index (χ3n) is 11.7. The summed E-state index contributed by atoms with van der Waals surface area (Å²) in [4.78, 5) is 10.7. The van der Waals surface area contributed by atoms with Gasteiger partial charge in [0.2, 0.25) is 0 Å². The van der Waals surface area contributed by atoms with Crippen molar-refractivity contribution < 1.29 is 0 Å². The largest absolute Gasteiger partial charge is 0.309 e. The van der Waals surface area contributed by atoms with E-state index in [9.17, 15) is 0 Å². The van der Waals surface area contributed by atoms with E-state index in [1.807, 2.05) is 6.07 Å². The van der Waals surface area contributed by atoms with E-state index in [-0.39, 0.29) is 0 Å². The Balaban J connectivity index is 1.15. The molecule has 0 N–H and O–H groups in total. The molecule has 0 aliphatic carbocycles. The zero-order valence-corrected chi connectivity index (χ0v) is 31.4. The number of benzene rings is 9. The molecular formula is C54H34N4. The minimum atomic E-state index is 0.690. The predicted octanol–water partition coefficient (Wildman–Crippen LogP) is 14.0. The quantitative estimate of drug-likeness (QED) is 0.176. The maximum Gasteiger partial charge on any atom is 0.161 e. The second kappa shape index (κ2) is 12.9. The molecule has 9 aromatic carbocycles. The molecule has 0 saturated carbocycles. The zero-order chi connectivity index (χ0) is 38.2. The van der Waals surface area contributed by atoms with Crippen LogP contribution < -0.4 is 0 Å². The topological polar surface area (TPSA) is 35.6 Å². The average Bonchev–Trinajstić information content (AvgIpc) is 3.80. The van der Waals surface area contributed by atoms with E-state index in [1.54, 1.807) is 0 Å². The lowest BCUT2D eigenvalue weighted by atomic mass is 10.0. The molecule has 12 rings (SSSR count). The summed E-state index contributed by atoms with van der Waals surface area (Å²) in [5.41, 5.74) is 11.7. The van der Waals surface area contributed by atoms with E-state index in [2.05, 4.69) is 209 Å². The van der Waals surface area contributed by atoms with Crippen molar-refractivity contribution in [2.75, 3.05) is 0 Å². The van der Waals surface area contributed by atoms with Crippen LogP contribution in [0.4, 0.5) is 0 Å². The maximum absolute atomic E-state index is 5.39.